The minimum Gasteiger partial charge on any atom is -0.382 e. The first kappa shape index (κ1) is 15.1. The molecule has 1 heterocycles. The SMILES string of the molecule is CC(C)(C)c1ccc(-n2nc(N)c3c(C(N)=O)cccc32)cc1. The number of anilines is 1. The Labute approximate surface area is 134 Å². The van der Waals surface area contributed by atoms with E-state index in [0.29, 0.717) is 16.8 Å². The predicted octanol–water partition coefficient (Wildman–Crippen LogP) is 3.00. The third kappa shape index (κ3) is 2.54. The molecule has 0 atom stereocenters. The number of nitrogens with two attached hydrogens (primary N) is 2. The van der Waals surface area contributed by atoms with E-state index in [-0.39, 0.29) is 5.41 Å². The van der Waals surface area contributed by atoms with Crippen molar-refractivity contribution in [1.29, 1.82) is 0 Å². The summed E-state index contributed by atoms with van der Waals surface area (Å²) in [5.74, 6) is -0.209. The lowest BCUT2D eigenvalue weighted by Gasteiger charge is -2.19. The minimum atomic E-state index is -0.509. The molecule has 5 nitrogen and oxygen atoms in total. The molecular weight excluding hydrogens is 288 g/mol. The molecule has 0 saturated carbocycles. The van der Waals surface area contributed by atoms with Crippen LogP contribution >= 0.6 is 0 Å². The molecule has 0 saturated heterocycles. The van der Waals surface area contributed by atoms with Crippen LogP contribution in [0, 0.1) is 0 Å². The number of carbonyl (C=O) groups is 1. The smallest absolute Gasteiger partial charge is 0.249 e. The van der Waals surface area contributed by atoms with Crippen LogP contribution in [-0.2, 0) is 5.41 Å². The molecule has 4 N–H and O–H groups in total. The van der Waals surface area contributed by atoms with E-state index < -0.39 is 5.91 Å². The molecule has 0 aliphatic rings. The minimum absolute atomic E-state index is 0.0862. The first-order chi connectivity index (χ1) is 10.8. The van der Waals surface area contributed by atoms with E-state index in [0.717, 1.165) is 11.2 Å². The second-order valence-electron chi connectivity index (χ2n) is 6.66. The Bertz CT molecular complexity index is 886. The number of primary amides is 1. The number of benzene rings is 2. The van der Waals surface area contributed by atoms with Crippen LogP contribution in [0.15, 0.2) is 42.5 Å². The quantitative estimate of drug-likeness (QED) is 0.763. The number of hydrogen-bond acceptors (Lipinski definition) is 3. The zero-order valence-electron chi connectivity index (χ0n) is 13.5. The Morgan fingerprint density at radius 2 is 1.74 bits per heavy atom. The maximum absolute atomic E-state index is 11.6. The maximum Gasteiger partial charge on any atom is 0.249 e. The molecule has 1 amide bonds. The molecule has 0 radical (unpaired) electrons. The summed E-state index contributed by atoms with van der Waals surface area (Å²) in [6, 6.07) is 13.5. The monoisotopic (exact) mass is 308 g/mol. The molecule has 0 fully saturated rings. The lowest BCUT2D eigenvalue weighted by molar-refractivity contribution is 0.100. The molecule has 0 aliphatic carbocycles. The second kappa shape index (κ2) is 5.12. The van der Waals surface area contributed by atoms with Crippen LogP contribution < -0.4 is 11.5 Å². The topological polar surface area (TPSA) is 86.9 Å². The standard InChI is InChI=1S/C18H20N4O/c1-18(2,3)11-7-9-12(10-8-11)22-14-6-4-5-13(17(20)23)15(14)16(19)21-22/h4-10H,1-3H3,(H2,19,21)(H2,20,23). The van der Waals surface area contributed by atoms with Crippen molar-refractivity contribution in [2.75, 3.05) is 5.73 Å². The summed E-state index contributed by atoms with van der Waals surface area (Å²) in [6.07, 6.45) is 0. The zero-order valence-corrected chi connectivity index (χ0v) is 13.5. The van der Waals surface area contributed by atoms with Crippen LogP contribution in [0.25, 0.3) is 16.6 Å². The second-order valence-corrected chi connectivity index (χ2v) is 6.66. The van der Waals surface area contributed by atoms with Gasteiger partial charge in [-0.1, -0.05) is 39.0 Å². The van der Waals surface area contributed by atoms with Crippen LogP contribution in [0.3, 0.4) is 0 Å². The molecule has 1 aromatic heterocycles. The van der Waals surface area contributed by atoms with E-state index in [4.69, 9.17) is 11.5 Å². The van der Waals surface area contributed by atoms with Crippen molar-refractivity contribution in [1.82, 2.24) is 9.78 Å². The predicted molar refractivity (Wildman–Crippen MR) is 92.7 cm³/mol. The first-order valence-electron chi connectivity index (χ1n) is 7.47. The first-order valence-corrected chi connectivity index (χ1v) is 7.47. The van der Waals surface area contributed by atoms with Gasteiger partial charge in [0, 0.05) is 0 Å². The third-order valence-electron chi connectivity index (χ3n) is 3.98. The van der Waals surface area contributed by atoms with Crippen molar-refractivity contribution in [2.45, 2.75) is 26.2 Å². The molecule has 23 heavy (non-hydrogen) atoms. The number of rotatable bonds is 2. The third-order valence-corrected chi connectivity index (χ3v) is 3.98. The summed E-state index contributed by atoms with van der Waals surface area (Å²) in [7, 11) is 0. The number of aromatic nitrogens is 2. The Balaban J connectivity index is 2.18. The van der Waals surface area contributed by atoms with Gasteiger partial charge in [0.05, 0.1) is 22.2 Å². The van der Waals surface area contributed by atoms with Crippen molar-refractivity contribution in [2.24, 2.45) is 5.73 Å². The summed E-state index contributed by atoms with van der Waals surface area (Å²) in [6.45, 7) is 6.51. The van der Waals surface area contributed by atoms with Gasteiger partial charge < -0.3 is 11.5 Å². The molecule has 5 heteroatoms. The van der Waals surface area contributed by atoms with Crippen LogP contribution in [0.2, 0.25) is 0 Å². The Hall–Kier alpha value is -2.82. The van der Waals surface area contributed by atoms with Crippen molar-refractivity contribution in [3.63, 3.8) is 0 Å². The average molecular weight is 308 g/mol. The highest BCUT2D eigenvalue weighted by molar-refractivity contribution is 6.09. The van der Waals surface area contributed by atoms with Crippen LogP contribution in [0.5, 0.6) is 0 Å². The van der Waals surface area contributed by atoms with Crippen molar-refractivity contribution >= 4 is 22.6 Å². The van der Waals surface area contributed by atoms with Gasteiger partial charge in [0.2, 0.25) is 5.91 Å². The van der Waals surface area contributed by atoms with E-state index >= 15 is 0 Å². The van der Waals surface area contributed by atoms with Gasteiger partial charge in [-0.2, -0.15) is 0 Å². The number of nitrogen functional groups attached to an aromatic ring is 1. The fourth-order valence-electron chi connectivity index (χ4n) is 2.70. The fourth-order valence-corrected chi connectivity index (χ4v) is 2.70. The maximum atomic E-state index is 11.6. The van der Waals surface area contributed by atoms with Crippen LogP contribution in [0.1, 0.15) is 36.7 Å². The molecule has 0 unspecified atom stereocenters. The Kier molecular flexibility index (Phi) is 3.36. The molecule has 3 aromatic rings. The molecule has 2 aromatic carbocycles. The van der Waals surface area contributed by atoms with Crippen LogP contribution in [0.4, 0.5) is 5.82 Å². The van der Waals surface area contributed by atoms with Gasteiger partial charge in [0.1, 0.15) is 0 Å². The lowest BCUT2D eigenvalue weighted by atomic mass is 9.87. The largest absolute Gasteiger partial charge is 0.382 e. The average Bonchev–Trinajstić information content (AvgIpc) is 2.84. The Morgan fingerprint density at radius 1 is 1.09 bits per heavy atom. The van der Waals surface area contributed by atoms with Gasteiger partial charge in [-0.05, 0) is 35.2 Å². The molecule has 3 rings (SSSR count). The highest BCUT2D eigenvalue weighted by Gasteiger charge is 2.17. The Morgan fingerprint density at radius 3 is 2.30 bits per heavy atom. The summed E-state index contributed by atoms with van der Waals surface area (Å²) < 4.78 is 1.74. The van der Waals surface area contributed by atoms with Gasteiger partial charge in [-0.25, -0.2) is 4.68 Å². The van der Waals surface area contributed by atoms with Gasteiger partial charge in [0.15, 0.2) is 5.82 Å². The van der Waals surface area contributed by atoms with E-state index in [9.17, 15) is 4.79 Å². The highest BCUT2D eigenvalue weighted by Crippen LogP contribution is 2.28. The highest BCUT2D eigenvalue weighted by atomic mass is 16.1. The zero-order chi connectivity index (χ0) is 16.8. The lowest BCUT2D eigenvalue weighted by Crippen LogP contribution is -2.11. The van der Waals surface area contributed by atoms with Crippen molar-refractivity contribution < 1.29 is 4.79 Å². The van der Waals surface area contributed by atoms with E-state index in [1.165, 1.54) is 5.56 Å². The van der Waals surface area contributed by atoms with Gasteiger partial charge in [-0.3, -0.25) is 4.79 Å². The summed E-state index contributed by atoms with van der Waals surface area (Å²) in [5.41, 5.74) is 14.8. The van der Waals surface area contributed by atoms with Gasteiger partial charge in [-0.15, -0.1) is 5.10 Å². The van der Waals surface area contributed by atoms with Gasteiger partial charge >= 0.3 is 0 Å². The van der Waals surface area contributed by atoms with E-state index in [1.54, 1.807) is 16.8 Å². The number of carbonyl (C=O) groups excluding carboxylic acids is 1. The van der Waals surface area contributed by atoms with Crippen molar-refractivity contribution in [3.8, 4) is 5.69 Å². The normalized spacial score (nSPS) is 11.8. The number of amides is 1. The molecule has 0 aliphatic heterocycles. The van der Waals surface area contributed by atoms with Crippen molar-refractivity contribution in [3.05, 3.63) is 53.6 Å². The molecular formula is C18H20N4O. The fraction of sp³-hybridized carbons (Fsp3) is 0.222. The number of hydrogen-bond donors (Lipinski definition) is 2. The molecule has 118 valence electrons. The molecule has 0 spiro atoms. The number of fused-ring (bicyclic) bond motifs is 1. The summed E-state index contributed by atoms with van der Waals surface area (Å²) in [4.78, 5) is 11.6. The van der Waals surface area contributed by atoms with Gasteiger partial charge in [0.25, 0.3) is 0 Å². The number of nitrogens with zero attached hydrogens (tertiary/aromatic N) is 2. The van der Waals surface area contributed by atoms with E-state index in [2.05, 4.69) is 38.0 Å². The van der Waals surface area contributed by atoms with Crippen LogP contribution in [-0.4, -0.2) is 15.7 Å². The van der Waals surface area contributed by atoms with E-state index in [1.807, 2.05) is 18.2 Å². The molecule has 0 bridgehead atoms. The summed E-state index contributed by atoms with van der Waals surface area (Å²) in [5, 5.41) is 4.98. The summed E-state index contributed by atoms with van der Waals surface area (Å²) >= 11 is 0.